The summed E-state index contributed by atoms with van der Waals surface area (Å²) in [5.41, 5.74) is 1.12. The largest absolute Gasteiger partial charge is 1.00 e. The molecule has 0 aromatic carbocycles. The van der Waals surface area contributed by atoms with Gasteiger partial charge >= 0.3 is 0 Å². The fraction of sp³-hybridized carbons (Fsp3) is 0.143. The van der Waals surface area contributed by atoms with Crippen molar-refractivity contribution in [3.63, 3.8) is 0 Å². The third kappa shape index (κ3) is 1.65. The van der Waals surface area contributed by atoms with Crippen molar-refractivity contribution in [3.05, 3.63) is 22.4 Å². The predicted octanol–water partition coefficient (Wildman–Crippen LogP) is -1.21. The minimum absolute atomic E-state index is 0. The topological polar surface area (TPSA) is 19.7 Å². The summed E-state index contributed by atoms with van der Waals surface area (Å²) in [4.78, 5) is 3.11. The van der Waals surface area contributed by atoms with Crippen LogP contribution in [0.5, 0.6) is 0 Å². The molecule has 0 radical (unpaired) electrons. The number of pyridine rings is 1. The number of halogens is 1. The molecule has 0 unspecified atom stereocenters. The molecule has 2 nitrogen and oxygen atoms in total. The highest BCUT2D eigenvalue weighted by Crippen LogP contribution is 2.15. The Balaban J connectivity index is 0.000000720. The highest BCUT2D eigenvalue weighted by molar-refractivity contribution is 7.73. The van der Waals surface area contributed by atoms with Crippen molar-refractivity contribution in [1.29, 1.82) is 0 Å². The molecule has 1 N–H and O–H groups in total. The van der Waals surface area contributed by atoms with E-state index in [-0.39, 0.29) is 12.4 Å². The Labute approximate surface area is 85.3 Å². The Morgan fingerprint density at radius 2 is 2.33 bits per heavy atom. The molecular weight excluding hydrogens is 212 g/mol. The van der Waals surface area contributed by atoms with E-state index in [1.807, 2.05) is 24.0 Å². The average Bonchev–Trinajstić information content (AvgIpc) is 2.27. The number of hydrogen-bond acceptors (Lipinski definition) is 2. The van der Waals surface area contributed by atoms with Gasteiger partial charge in [0.2, 0.25) is 0 Å². The Kier molecular flexibility index (Phi) is 2.82. The van der Waals surface area contributed by atoms with Crippen LogP contribution in [0.25, 0.3) is 10.2 Å². The lowest BCUT2D eigenvalue weighted by Gasteiger charge is -1.84. The number of H-pyrrole nitrogens is 1. The van der Waals surface area contributed by atoms with Crippen LogP contribution >= 0.6 is 23.6 Å². The Hall–Kier alpha value is -0.450. The van der Waals surface area contributed by atoms with Crippen molar-refractivity contribution in [3.8, 4) is 0 Å². The van der Waals surface area contributed by atoms with Crippen LogP contribution in [0, 0.1) is 3.95 Å². The quantitative estimate of drug-likeness (QED) is 0.435. The van der Waals surface area contributed by atoms with Crippen LogP contribution in [-0.4, -0.2) is 4.98 Å². The van der Waals surface area contributed by atoms with E-state index in [0.29, 0.717) is 0 Å². The van der Waals surface area contributed by atoms with Gasteiger partial charge in [0.15, 0.2) is 16.3 Å². The van der Waals surface area contributed by atoms with Crippen LogP contribution in [0.15, 0.2) is 18.5 Å². The zero-order chi connectivity index (χ0) is 7.84. The van der Waals surface area contributed by atoms with Gasteiger partial charge in [-0.05, 0) is 12.2 Å². The number of thiazole rings is 1. The van der Waals surface area contributed by atoms with Gasteiger partial charge in [-0.2, -0.15) is 0 Å². The molecule has 2 heterocycles. The molecule has 0 fully saturated rings. The number of nitrogens with zero attached hydrogens (tertiary/aromatic N) is 1. The predicted molar refractivity (Wildman–Crippen MR) is 48.2 cm³/mol. The lowest BCUT2D eigenvalue weighted by atomic mass is 10.4. The van der Waals surface area contributed by atoms with Gasteiger partial charge in [-0.25, -0.2) is 4.57 Å². The van der Waals surface area contributed by atoms with Crippen LogP contribution in [0.2, 0.25) is 0 Å². The van der Waals surface area contributed by atoms with Crippen molar-refractivity contribution < 1.29 is 17.0 Å². The number of nitrogens with one attached hydrogen (secondary N) is 1. The second-order valence-electron chi connectivity index (χ2n) is 2.40. The van der Waals surface area contributed by atoms with Crippen molar-refractivity contribution in [2.24, 2.45) is 7.05 Å². The Morgan fingerprint density at radius 3 is 3.08 bits per heavy atom. The van der Waals surface area contributed by atoms with Gasteiger partial charge in [0.25, 0.3) is 0 Å². The van der Waals surface area contributed by atoms with Gasteiger partial charge < -0.3 is 17.4 Å². The molecule has 64 valence electrons. The zero-order valence-electron chi connectivity index (χ0n) is 6.37. The van der Waals surface area contributed by atoms with E-state index in [1.165, 1.54) is 4.70 Å². The van der Waals surface area contributed by atoms with E-state index in [2.05, 4.69) is 11.1 Å². The molecular formula is C7H7ClN2S2. The van der Waals surface area contributed by atoms with Crippen LogP contribution < -0.4 is 17.0 Å². The first-order valence-electron chi connectivity index (χ1n) is 3.24. The highest BCUT2D eigenvalue weighted by atomic mass is 35.5. The van der Waals surface area contributed by atoms with Crippen molar-refractivity contribution in [2.75, 3.05) is 0 Å². The number of aromatic amines is 1. The van der Waals surface area contributed by atoms with Crippen molar-refractivity contribution in [1.82, 2.24) is 4.98 Å². The molecule has 2 aromatic heterocycles. The van der Waals surface area contributed by atoms with Crippen molar-refractivity contribution in [2.45, 2.75) is 0 Å². The molecule has 0 aliphatic heterocycles. The maximum Gasteiger partial charge on any atom is 0.193 e. The van der Waals surface area contributed by atoms with E-state index in [9.17, 15) is 0 Å². The van der Waals surface area contributed by atoms with Crippen LogP contribution in [-0.2, 0) is 7.05 Å². The maximum absolute atomic E-state index is 5.01. The number of aromatic nitrogens is 2. The Bertz CT molecular complexity index is 446. The molecule has 0 aliphatic rings. The fourth-order valence-electron chi connectivity index (χ4n) is 1.00. The lowest BCUT2D eigenvalue weighted by Crippen LogP contribution is -3.00. The minimum atomic E-state index is 0. The smallest absolute Gasteiger partial charge is 0.193 e. The van der Waals surface area contributed by atoms with Crippen LogP contribution in [0.4, 0.5) is 0 Å². The first-order chi connectivity index (χ1) is 5.25. The number of hydrogen-bond donors (Lipinski definition) is 1. The van der Waals surface area contributed by atoms with E-state index < -0.39 is 0 Å². The van der Waals surface area contributed by atoms with Gasteiger partial charge in [-0.15, -0.1) is 11.3 Å². The van der Waals surface area contributed by atoms with Gasteiger partial charge in [0.05, 0.1) is 4.70 Å². The van der Waals surface area contributed by atoms with Gasteiger partial charge in [-0.3, -0.25) is 0 Å². The molecule has 0 saturated carbocycles. The van der Waals surface area contributed by atoms with E-state index >= 15 is 0 Å². The molecule has 12 heavy (non-hydrogen) atoms. The maximum atomic E-state index is 5.01. The van der Waals surface area contributed by atoms with E-state index in [4.69, 9.17) is 12.2 Å². The molecule has 2 aromatic rings. The van der Waals surface area contributed by atoms with E-state index in [0.717, 1.165) is 9.47 Å². The summed E-state index contributed by atoms with van der Waals surface area (Å²) in [7, 11) is 1.99. The lowest BCUT2D eigenvalue weighted by molar-refractivity contribution is -0.670. The summed E-state index contributed by atoms with van der Waals surface area (Å²) in [6, 6.07) is 2.06. The number of aryl methyl sites for hydroxylation is 1. The molecule has 0 spiro atoms. The molecule has 5 heteroatoms. The van der Waals surface area contributed by atoms with Gasteiger partial charge in [0, 0.05) is 6.07 Å². The van der Waals surface area contributed by atoms with Gasteiger partial charge in [-0.1, -0.05) is 0 Å². The first-order valence-corrected chi connectivity index (χ1v) is 4.46. The Morgan fingerprint density at radius 1 is 1.58 bits per heavy atom. The SMILES string of the molecule is C[n+]1ccc2sc(=S)[nH]c2c1.[Cl-]. The number of rotatable bonds is 0. The third-order valence-corrected chi connectivity index (χ3v) is 2.71. The second-order valence-corrected chi connectivity index (χ2v) is 4.12. The minimum Gasteiger partial charge on any atom is -1.00 e. The summed E-state index contributed by atoms with van der Waals surface area (Å²) in [6.45, 7) is 0. The monoisotopic (exact) mass is 218 g/mol. The zero-order valence-corrected chi connectivity index (χ0v) is 8.76. The van der Waals surface area contributed by atoms with Gasteiger partial charge in [0.1, 0.15) is 12.6 Å². The molecule has 2 rings (SSSR count). The van der Waals surface area contributed by atoms with Crippen LogP contribution in [0.1, 0.15) is 0 Å². The summed E-state index contributed by atoms with van der Waals surface area (Å²) in [5, 5.41) is 0. The first kappa shape index (κ1) is 9.64. The summed E-state index contributed by atoms with van der Waals surface area (Å²) >= 11 is 6.62. The third-order valence-electron chi connectivity index (χ3n) is 1.50. The van der Waals surface area contributed by atoms with Crippen LogP contribution in [0.3, 0.4) is 0 Å². The van der Waals surface area contributed by atoms with E-state index in [1.54, 1.807) is 11.3 Å². The average molecular weight is 219 g/mol. The number of fused-ring (bicyclic) bond motifs is 1. The molecule has 0 aliphatic carbocycles. The molecule has 0 amide bonds. The highest BCUT2D eigenvalue weighted by Gasteiger charge is 1.99. The summed E-state index contributed by atoms with van der Waals surface area (Å²) in [5.74, 6) is 0. The summed E-state index contributed by atoms with van der Waals surface area (Å²) in [6.07, 6.45) is 4.04. The summed E-state index contributed by atoms with van der Waals surface area (Å²) < 4.78 is 4.06. The van der Waals surface area contributed by atoms with Crippen molar-refractivity contribution >= 4 is 33.8 Å². The standard InChI is InChI=1S/C7H6N2S2.ClH/c1-9-3-2-6-5(4-9)8-7(10)11-6;/h2-4H,1H3;1H. The fourth-order valence-corrected chi connectivity index (χ4v) is 2.09. The second kappa shape index (κ2) is 3.51. The molecule has 0 atom stereocenters. The normalized spacial score (nSPS) is 9.75. The molecule has 0 bridgehead atoms. The molecule has 0 saturated heterocycles.